The van der Waals surface area contributed by atoms with Gasteiger partial charge in [-0.1, -0.05) is 53.6 Å². The first-order valence-corrected chi connectivity index (χ1v) is 10.7. The maximum atomic E-state index is 13.3. The molecule has 0 radical (unpaired) electrons. The molecule has 32 heavy (non-hydrogen) atoms. The van der Waals surface area contributed by atoms with Gasteiger partial charge in [0.15, 0.2) is 0 Å². The number of carbonyl (C=O) groups excluding carboxylic acids is 2. The number of carbonyl (C=O) groups is 2. The van der Waals surface area contributed by atoms with Crippen LogP contribution >= 0.6 is 11.6 Å². The summed E-state index contributed by atoms with van der Waals surface area (Å²) in [5.41, 5.74) is 4.72. The second kappa shape index (κ2) is 8.97. The topological polar surface area (TPSA) is 49.4 Å². The van der Waals surface area contributed by atoms with Gasteiger partial charge < -0.3 is 5.32 Å². The summed E-state index contributed by atoms with van der Waals surface area (Å²) in [5, 5.41) is 3.77. The van der Waals surface area contributed by atoms with Gasteiger partial charge in [0, 0.05) is 17.3 Å². The van der Waals surface area contributed by atoms with Crippen LogP contribution in [-0.2, 0) is 16.0 Å². The van der Waals surface area contributed by atoms with Crippen molar-refractivity contribution >= 4 is 34.7 Å². The summed E-state index contributed by atoms with van der Waals surface area (Å²) in [6, 6.07) is 18.9. The van der Waals surface area contributed by atoms with E-state index in [1.54, 1.807) is 30.3 Å². The fourth-order valence-corrected chi connectivity index (χ4v) is 3.90. The molecule has 0 unspecified atom stereocenters. The van der Waals surface area contributed by atoms with Crippen molar-refractivity contribution in [1.29, 1.82) is 0 Å². The Labute approximate surface area is 191 Å². The summed E-state index contributed by atoms with van der Waals surface area (Å²) in [7, 11) is 0. The van der Waals surface area contributed by atoms with E-state index < -0.39 is 0 Å². The molecule has 3 aromatic carbocycles. The molecule has 0 fully saturated rings. The molecule has 162 valence electrons. The number of amides is 2. The van der Waals surface area contributed by atoms with Gasteiger partial charge in [0.05, 0.1) is 5.57 Å². The first-order chi connectivity index (χ1) is 15.3. The predicted molar refractivity (Wildman–Crippen MR) is 125 cm³/mol. The van der Waals surface area contributed by atoms with Gasteiger partial charge in [-0.2, -0.15) is 0 Å². The Morgan fingerprint density at radius 1 is 0.906 bits per heavy atom. The van der Waals surface area contributed by atoms with Gasteiger partial charge in [-0.25, -0.2) is 4.39 Å². The summed E-state index contributed by atoms with van der Waals surface area (Å²) in [5.74, 6) is -1.06. The van der Waals surface area contributed by atoms with Crippen LogP contribution in [0.1, 0.15) is 22.3 Å². The number of imide groups is 1. The lowest BCUT2D eigenvalue weighted by molar-refractivity contribution is -0.136. The van der Waals surface area contributed by atoms with Crippen molar-refractivity contribution in [3.8, 4) is 0 Å². The van der Waals surface area contributed by atoms with Crippen LogP contribution in [0.4, 0.5) is 10.1 Å². The number of rotatable bonds is 6. The molecule has 0 spiro atoms. The maximum Gasteiger partial charge on any atom is 0.278 e. The highest BCUT2D eigenvalue weighted by Gasteiger charge is 2.39. The number of anilines is 1. The monoisotopic (exact) mass is 448 g/mol. The van der Waals surface area contributed by atoms with Gasteiger partial charge >= 0.3 is 0 Å². The molecule has 4 nitrogen and oxygen atoms in total. The Morgan fingerprint density at radius 2 is 1.59 bits per heavy atom. The number of benzene rings is 3. The molecular formula is C26H22ClFN2O2. The Hall–Kier alpha value is -3.44. The van der Waals surface area contributed by atoms with Crippen molar-refractivity contribution in [3.63, 3.8) is 0 Å². The number of nitrogens with one attached hydrogen (secondary N) is 1. The number of nitrogens with zero attached hydrogens (tertiary/aromatic N) is 1. The third-order valence-corrected chi connectivity index (χ3v) is 5.73. The largest absolute Gasteiger partial charge is 0.350 e. The van der Waals surface area contributed by atoms with E-state index in [1.165, 1.54) is 17.0 Å². The van der Waals surface area contributed by atoms with Crippen molar-refractivity contribution in [2.75, 3.05) is 11.9 Å². The van der Waals surface area contributed by atoms with Crippen LogP contribution in [0.15, 0.2) is 72.4 Å². The van der Waals surface area contributed by atoms with Crippen LogP contribution in [-0.4, -0.2) is 23.3 Å². The third kappa shape index (κ3) is 4.43. The van der Waals surface area contributed by atoms with E-state index in [2.05, 4.69) is 5.32 Å². The highest BCUT2D eigenvalue weighted by molar-refractivity contribution is 6.36. The fourth-order valence-electron chi connectivity index (χ4n) is 3.68. The highest BCUT2D eigenvalue weighted by atomic mass is 35.5. The average Bonchev–Trinajstić information content (AvgIpc) is 2.99. The van der Waals surface area contributed by atoms with Crippen LogP contribution in [0.5, 0.6) is 0 Å². The molecule has 0 aliphatic carbocycles. The van der Waals surface area contributed by atoms with Crippen molar-refractivity contribution in [2.24, 2.45) is 0 Å². The van der Waals surface area contributed by atoms with Crippen molar-refractivity contribution in [3.05, 3.63) is 106 Å². The molecule has 1 heterocycles. The zero-order valence-electron chi connectivity index (χ0n) is 17.8. The van der Waals surface area contributed by atoms with E-state index in [4.69, 9.17) is 11.6 Å². The summed E-state index contributed by atoms with van der Waals surface area (Å²) in [6.07, 6.45) is 0.437. The molecule has 1 N–H and O–H groups in total. The predicted octanol–water partition coefficient (Wildman–Crippen LogP) is 5.53. The quantitative estimate of drug-likeness (QED) is 0.504. The van der Waals surface area contributed by atoms with E-state index in [0.717, 1.165) is 16.7 Å². The Morgan fingerprint density at radius 3 is 2.25 bits per heavy atom. The third-order valence-electron chi connectivity index (χ3n) is 5.49. The number of halogens is 2. The molecule has 6 heteroatoms. The summed E-state index contributed by atoms with van der Waals surface area (Å²) >= 11 is 6.06. The first kappa shape index (κ1) is 21.8. The van der Waals surface area contributed by atoms with E-state index in [9.17, 15) is 14.0 Å². The zero-order valence-corrected chi connectivity index (χ0v) is 18.5. The van der Waals surface area contributed by atoms with Gasteiger partial charge in [0.2, 0.25) is 0 Å². The van der Waals surface area contributed by atoms with Crippen LogP contribution in [0.2, 0.25) is 5.02 Å². The summed E-state index contributed by atoms with van der Waals surface area (Å²) < 4.78 is 13.2. The summed E-state index contributed by atoms with van der Waals surface area (Å²) in [6.45, 7) is 4.04. The molecule has 4 rings (SSSR count). The number of hydrogen-bond acceptors (Lipinski definition) is 3. The lowest BCUT2D eigenvalue weighted by Gasteiger charge is -2.16. The molecule has 0 saturated carbocycles. The van der Waals surface area contributed by atoms with Crippen LogP contribution in [0.25, 0.3) is 5.57 Å². The molecule has 0 atom stereocenters. The van der Waals surface area contributed by atoms with E-state index in [-0.39, 0.29) is 29.9 Å². The first-order valence-electron chi connectivity index (χ1n) is 10.3. The second-order valence-corrected chi connectivity index (χ2v) is 8.28. The zero-order chi connectivity index (χ0) is 22.8. The molecule has 2 amide bonds. The van der Waals surface area contributed by atoms with Gasteiger partial charge in [-0.05, 0) is 67.3 Å². The van der Waals surface area contributed by atoms with Crippen molar-refractivity contribution < 1.29 is 14.0 Å². The van der Waals surface area contributed by atoms with Gasteiger partial charge in [-0.15, -0.1) is 0 Å². The van der Waals surface area contributed by atoms with Gasteiger partial charge in [-0.3, -0.25) is 14.5 Å². The minimum atomic E-state index is -0.387. The van der Waals surface area contributed by atoms with Crippen molar-refractivity contribution in [1.82, 2.24) is 4.90 Å². The summed E-state index contributed by atoms with van der Waals surface area (Å²) in [4.78, 5) is 27.9. The number of hydrogen-bond donors (Lipinski definition) is 1. The van der Waals surface area contributed by atoms with Crippen LogP contribution in [0, 0.1) is 19.7 Å². The number of aryl methyl sites for hydroxylation is 2. The average molecular weight is 449 g/mol. The van der Waals surface area contributed by atoms with Crippen molar-refractivity contribution in [2.45, 2.75) is 20.3 Å². The van der Waals surface area contributed by atoms with Crippen LogP contribution < -0.4 is 5.32 Å². The minimum absolute atomic E-state index is 0.198. The smallest absolute Gasteiger partial charge is 0.278 e. The van der Waals surface area contributed by atoms with E-state index >= 15 is 0 Å². The lowest BCUT2D eigenvalue weighted by Crippen LogP contribution is -2.34. The minimum Gasteiger partial charge on any atom is -0.350 e. The molecule has 1 aliphatic rings. The van der Waals surface area contributed by atoms with E-state index in [0.29, 0.717) is 28.3 Å². The Balaban J connectivity index is 1.67. The lowest BCUT2D eigenvalue weighted by atomic mass is 10.0. The molecule has 0 saturated heterocycles. The standard InChI is InChI=1S/C26H22ClFN2O2/c1-16-3-7-19(8-4-16)23-24(29-22-12-9-20(27)15-17(22)2)26(32)30(25(23)31)14-13-18-5-10-21(28)11-6-18/h3-12,15,29H,13-14H2,1-2H3. The fraction of sp³-hybridized carbons (Fsp3) is 0.154. The highest BCUT2D eigenvalue weighted by Crippen LogP contribution is 2.32. The van der Waals surface area contributed by atoms with Gasteiger partial charge in [0.1, 0.15) is 11.5 Å². The molecule has 0 aromatic heterocycles. The maximum absolute atomic E-state index is 13.3. The van der Waals surface area contributed by atoms with Gasteiger partial charge in [0.25, 0.3) is 11.8 Å². The Kier molecular flexibility index (Phi) is 6.10. The molecule has 3 aromatic rings. The SMILES string of the molecule is Cc1ccc(C2=C(Nc3ccc(Cl)cc3C)C(=O)N(CCc3ccc(F)cc3)C2=O)cc1. The second-order valence-electron chi connectivity index (χ2n) is 7.84. The molecule has 1 aliphatic heterocycles. The molecule has 0 bridgehead atoms. The van der Waals surface area contributed by atoms with Crippen LogP contribution in [0.3, 0.4) is 0 Å². The normalized spacial score (nSPS) is 13.8. The molecular weight excluding hydrogens is 427 g/mol. The van der Waals surface area contributed by atoms with E-state index in [1.807, 2.05) is 38.1 Å². The Bertz CT molecular complexity index is 1220.